The van der Waals surface area contributed by atoms with Gasteiger partial charge in [0.2, 0.25) is 0 Å². The van der Waals surface area contributed by atoms with E-state index in [-0.39, 0.29) is 24.6 Å². The van der Waals surface area contributed by atoms with Gasteiger partial charge >= 0.3 is 6.03 Å². The minimum Gasteiger partial charge on any atom is -0.489 e. The SMILES string of the molecule is CN1C(=O)[C@@H](NC(=O)N2CCC(Oc3ccccc3)C2)COc2ccccc21. The maximum Gasteiger partial charge on any atom is 0.318 e. The molecule has 0 bridgehead atoms. The molecule has 0 saturated carbocycles. The van der Waals surface area contributed by atoms with Crippen molar-refractivity contribution >= 4 is 17.6 Å². The van der Waals surface area contributed by atoms with E-state index in [0.29, 0.717) is 24.5 Å². The zero-order valence-electron chi connectivity index (χ0n) is 15.7. The second-order valence-corrected chi connectivity index (χ2v) is 6.97. The van der Waals surface area contributed by atoms with Gasteiger partial charge in [-0.15, -0.1) is 0 Å². The number of nitrogens with one attached hydrogen (secondary N) is 1. The highest BCUT2D eigenvalue weighted by molar-refractivity contribution is 6.00. The zero-order valence-corrected chi connectivity index (χ0v) is 15.7. The van der Waals surface area contributed by atoms with E-state index in [4.69, 9.17) is 9.47 Å². The molecule has 1 unspecified atom stereocenters. The number of rotatable bonds is 3. The first kappa shape index (κ1) is 18.2. The Bertz CT molecular complexity index is 858. The molecular weight excluding hydrogens is 358 g/mol. The summed E-state index contributed by atoms with van der Waals surface area (Å²) in [6.07, 6.45) is 0.698. The Morgan fingerprint density at radius 1 is 1.14 bits per heavy atom. The van der Waals surface area contributed by atoms with Gasteiger partial charge in [0.1, 0.15) is 30.3 Å². The van der Waals surface area contributed by atoms with Crippen LogP contribution in [0.15, 0.2) is 54.6 Å². The van der Waals surface area contributed by atoms with Crippen LogP contribution < -0.4 is 19.7 Å². The number of ether oxygens (including phenoxy) is 2. The maximum absolute atomic E-state index is 12.8. The summed E-state index contributed by atoms with van der Waals surface area (Å²) >= 11 is 0. The smallest absolute Gasteiger partial charge is 0.318 e. The van der Waals surface area contributed by atoms with Gasteiger partial charge < -0.3 is 24.6 Å². The van der Waals surface area contributed by atoms with Crippen LogP contribution in [0.3, 0.4) is 0 Å². The van der Waals surface area contributed by atoms with Crippen LogP contribution in [-0.4, -0.2) is 55.7 Å². The molecule has 2 aliphatic rings. The summed E-state index contributed by atoms with van der Waals surface area (Å²) in [7, 11) is 1.69. The Kier molecular flexibility index (Phi) is 5.06. The summed E-state index contributed by atoms with van der Waals surface area (Å²) < 4.78 is 11.7. The van der Waals surface area contributed by atoms with Crippen LogP contribution in [0.25, 0.3) is 0 Å². The van der Waals surface area contributed by atoms with Gasteiger partial charge in [0.15, 0.2) is 0 Å². The van der Waals surface area contributed by atoms with Crippen LogP contribution in [0.4, 0.5) is 10.5 Å². The Labute approximate surface area is 163 Å². The molecule has 2 aromatic carbocycles. The van der Waals surface area contributed by atoms with E-state index in [2.05, 4.69) is 5.32 Å². The number of carbonyl (C=O) groups is 2. The molecule has 1 fully saturated rings. The molecule has 0 aliphatic carbocycles. The topological polar surface area (TPSA) is 71.1 Å². The number of likely N-dealkylation sites (N-methyl/N-ethyl adjacent to an activating group) is 1. The molecule has 2 aliphatic heterocycles. The summed E-state index contributed by atoms with van der Waals surface area (Å²) in [5.74, 6) is 1.23. The normalized spacial score (nSPS) is 21.5. The van der Waals surface area contributed by atoms with Gasteiger partial charge in [-0.3, -0.25) is 4.79 Å². The van der Waals surface area contributed by atoms with Crippen molar-refractivity contribution in [3.63, 3.8) is 0 Å². The van der Waals surface area contributed by atoms with Crippen molar-refractivity contribution in [3.8, 4) is 11.5 Å². The van der Waals surface area contributed by atoms with Gasteiger partial charge in [-0.25, -0.2) is 4.79 Å². The number of urea groups is 1. The summed E-state index contributed by atoms with van der Waals surface area (Å²) in [5, 5.41) is 2.82. The third kappa shape index (κ3) is 3.74. The number of para-hydroxylation sites is 3. The maximum atomic E-state index is 12.8. The molecule has 4 rings (SSSR count). The van der Waals surface area contributed by atoms with Crippen LogP contribution in [0.1, 0.15) is 6.42 Å². The fraction of sp³-hybridized carbons (Fsp3) is 0.333. The van der Waals surface area contributed by atoms with E-state index in [1.807, 2.05) is 54.6 Å². The van der Waals surface area contributed by atoms with Gasteiger partial charge in [0.05, 0.1) is 12.2 Å². The molecule has 2 atom stereocenters. The van der Waals surface area contributed by atoms with Crippen molar-refractivity contribution < 1.29 is 19.1 Å². The lowest BCUT2D eigenvalue weighted by Gasteiger charge is -2.23. The first-order valence-electron chi connectivity index (χ1n) is 9.38. The largest absolute Gasteiger partial charge is 0.489 e. The van der Waals surface area contributed by atoms with Crippen molar-refractivity contribution in [1.29, 1.82) is 0 Å². The number of likely N-dealkylation sites (tertiary alicyclic amines) is 1. The third-order valence-corrected chi connectivity index (χ3v) is 5.04. The standard InChI is InChI=1S/C21H23N3O4/c1-23-18-9-5-6-10-19(18)27-14-17(20(23)25)22-21(26)24-12-11-16(13-24)28-15-7-3-2-4-8-15/h2-10,16-17H,11-14H2,1H3,(H,22,26)/t16?,17-/m0/s1. The average molecular weight is 381 g/mol. The predicted octanol–water partition coefficient (Wildman–Crippen LogP) is 2.27. The van der Waals surface area contributed by atoms with Gasteiger partial charge in [0, 0.05) is 20.0 Å². The monoisotopic (exact) mass is 381 g/mol. The van der Waals surface area contributed by atoms with Crippen LogP contribution >= 0.6 is 0 Å². The van der Waals surface area contributed by atoms with Crippen molar-refractivity contribution in [2.75, 3.05) is 31.6 Å². The van der Waals surface area contributed by atoms with E-state index in [0.717, 1.165) is 12.2 Å². The molecular formula is C21H23N3O4. The fourth-order valence-corrected chi connectivity index (χ4v) is 3.50. The van der Waals surface area contributed by atoms with Crippen LogP contribution in [0.5, 0.6) is 11.5 Å². The number of nitrogens with zero attached hydrogens (tertiary/aromatic N) is 2. The van der Waals surface area contributed by atoms with Crippen molar-refractivity contribution in [2.45, 2.75) is 18.6 Å². The van der Waals surface area contributed by atoms with Crippen LogP contribution in [0.2, 0.25) is 0 Å². The number of anilines is 1. The average Bonchev–Trinajstić information content (AvgIpc) is 3.15. The highest BCUT2D eigenvalue weighted by Gasteiger charge is 2.34. The number of benzene rings is 2. The molecule has 7 nitrogen and oxygen atoms in total. The molecule has 7 heteroatoms. The molecule has 2 heterocycles. The zero-order chi connectivity index (χ0) is 19.5. The van der Waals surface area contributed by atoms with Crippen molar-refractivity contribution in [2.24, 2.45) is 0 Å². The Balaban J connectivity index is 1.36. The van der Waals surface area contributed by atoms with Gasteiger partial charge in [-0.05, 0) is 24.3 Å². The number of amides is 3. The second kappa shape index (κ2) is 7.80. The molecule has 0 aromatic heterocycles. The lowest BCUT2D eigenvalue weighted by Crippen LogP contribution is -2.53. The summed E-state index contributed by atoms with van der Waals surface area (Å²) in [5.41, 5.74) is 0.696. The lowest BCUT2D eigenvalue weighted by atomic mass is 10.2. The van der Waals surface area contributed by atoms with E-state index >= 15 is 0 Å². The van der Waals surface area contributed by atoms with E-state index in [9.17, 15) is 9.59 Å². The van der Waals surface area contributed by atoms with Gasteiger partial charge in [0.25, 0.3) is 5.91 Å². The van der Waals surface area contributed by atoms with Crippen LogP contribution in [0, 0.1) is 0 Å². The van der Waals surface area contributed by atoms with Crippen molar-refractivity contribution in [3.05, 3.63) is 54.6 Å². The number of hydrogen-bond donors (Lipinski definition) is 1. The summed E-state index contributed by atoms with van der Waals surface area (Å²) in [6.45, 7) is 1.17. The predicted molar refractivity (Wildman–Crippen MR) is 105 cm³/mol. The highest BCUT2D eigenvalue weighted by atomic mass is 16.5. The first-order valence-corrected chi connectivity index (χ1v) is 9.38. The molecule has 2 aromatic rings. The molecule has 1 N–H and O–H groups in total. The van der Waals surface area contributed by atoms with Gasteiger partial charge in [-0.1, -0.05) is 30.3 Å². The Hall–Kier alpha value is -3.22. The summed E-state index contributed by atoms with van der Waals surface area (Å²) in [6, 6.07) is 15.9. The number of hydrogen-bond acceptors (Lipinski definition) is 4. The molecule has 146 valence electrons. The molecule has 1 saturated heterocycles. The van der Waals surface area contributed by atoms with E-state index < -0.39 is 6.04 Å². The van der Waals surface area contributed by atoms with Gasteiger partial charge in [-0.2, -0.15) is 0 Å². The lowest BCUT2D eigenvalue weighted by molar-refractivity contribution is -0.120. The molecule has 28 heavy (non-hydrogen) atoms. The quantitative estimate of drug-likeness (QED) is 0.886. The molecule has 3 amide bonds. The highest BCUT2D eigenvalue weighted by Crippen LogP contribution is 2.30. The molecule has 0 spiro atoms. The van der Waals surface area contributed by atoms with E-state index in [1.54, 1.807) is 11.9 Å². The number of fused-ring (bicyclic) bond motifs is 1. The fourth-order valence-electron chi connectivity index (χ4n) is 3.50. The second-order valence-electron chi connectivity index (χ2n) is 6.97. The molecule has 0 radical (unpaired) electrons. The van der Waals surface area contributed by atoms with Crippen LogP contribution in [-0.2, 0) is 4.79 Å². The Morgan fingerprint density at radius 3 is 2.71 bits per heavy atom. The van der Waals surface area contributed by atoms with Crippen molar-refractivity contribution in [1.82, 2.24) is 10.2 Å². The first-order chi connectivity index (χ1) is 13.6. The summed E-state index contributed by atoms with van der Waals surface area (Å²) in [4.78, 5) is 28.6. The third-order valence-electron chi connectivity index (χ3n) is 5.04. The Morgan fingerprint density at radius 2 is 1.89 bits per heavy atom. The minimum absolute atomic E-state index is 0.0545. The number of carbonyl (C=O) groups excluding carboxylic acids is 2. The van der Waals surface area contributed by atoms with E-state index in [1.165, 1.54) is 4.90 Å². The minimum atomic E-state index is -0.737.